The van der Waals surface area contributed by atoms with Crippen molar-refractivity contribution in [3.8, 4) is 0 Å². The minimum absolute atomic E-state index is 0.109. The van der Waals surface area contributed by atoms with Crippen molar-refractivity contribution in [2.24, 2.45) is 11.7 Å². The molecule has 1 heterocycles. The van der Waals surface area contributed by atoms with Crippen LogP contribution in [0.15, 0.2) is 18.2 Å². The van der Waals surface area contributed by atoms with Crippen LogP contribution in [0.2, 0.25) is 0 Å². The molecule has 20 heavy (non-hydrogen) atoms. The Morgan fingerprint density at radius 2 is 2.10 bits per heavy atom. The van der Waals surface area contributed by atoms with Crippen molar-refractivity contribution in [1.29, 1.82) is 0 Å². The highest BCUT2D eigenvalue weighted by Crippen LogP contribution is 2.28. The zero-order valence-electron chi connectivity index (χ0n) is 12.3. The topological polar surface area (TPSA) is 86.9 Å². The van der Waals surface area contributed by atoms with Gasteiger partial charge in [-0.05, 0) is 30.5 Å². The van der Waals surface area contributed by atoms with E-state index in [0.717, 1.165) is 29.7 Å². The molecular weight excluding hydrogens is 252 g/mol. The Bertz CT molecular complexity index is 630. The number of primary amides is 1. The average Bonchev–Trinajstić information content (AvgIpc) is 2.67. The first-order chi connectivity index (χ1) is 9.45. The standard InChI is InChI=1S/C15H22N4O/c1-4-5-13-18-11-8-10(16)6-7-12(11)19(13)14(9(2)3)15(17)20/h6-9,14H,4-5,16H2,1-3H3,(H2,17,20). The molecule has 1 unspecified atom stereocenters. The van der Waals surface area contributed by atoms with Gasteiger partial charge in [0, 0.05) is 12.1 Å². The Balaban J connectivity index is 2.70. The number of hydrogen-bond acceptors (Lipinski definition) is 3. The van der Waals surface area contributed by atoms with E-state index in [-0.39, 0.29) is 17.9 Å². The fourth-order valence-electron chi connectivity index (χ4n) is 2.63. The molecule has 4 N–H and O–H groups in total. The summed E-state index contributed by atoms with van der Waals surface area (Å²) in [6, 6.07) is 5.19. The van der Waals surface area contributed by atoms with Crippen molar-refractivity contribution in [2.75, 3.05) is 5.73 Å². The van der Waals surface area contributed by atoms with Crippen molar-refractivity contribution in [3.05, 3.63) is 24.0 Å². The second-order valence-electron chi connectivity index (χ2n) is 5.49. The van der Waals surface area contributed by atoms with Gasteiger partial charge in [0.05, 0.1) is 11.0 Å². The summed E-state index contributed by atoms with van der Waals surface area (Å²) in [7, 11) is 0. The van der Waals surface area contributed by atoms with Gasteiger partial charge >= 0.3 is 0 Å². The highest BCUT2D eigenvalue weighted by Gasteiger charge is 2.26. The number of hydrogen-bond donors (Lipinski definition) is 2. The Morgan fingerprint density at radius 3 is 2.65 bits per heavy atom. The first-order valence-electron chi connectivity index (χ1n) is 7.01. The highest BCUT2D eigenvalue weighted by molar-refractivity contribution is 5.84. The number of amides is 1. The molecule has 0 fully saturated rings. The SMILES string of the molecule is CCCc1nc2cc(N)ccc2n1C(C(N)=O)C(C)C. The zero-order valence-corrected chi connectivity index (χ0v) is 12.3. The Kier molecular flexibility index (Phi) is 3.97. The maximum atomic E-state index is 11.9. The van der Waals surface area contributed by atoms with Crippen LogP contribution in [0.1, 0.15) is 39.1 Å². The zero-order chi connectivity index (χ0) is 14.9. The minimum Gasteiger partial charge on any atom is -0.399 e. The van der Waals surface area contributed by atoms with Crippen molar-refractivity contribution in [2.45, 2.75) is 39.7 Å². The van der Waals surface area contributed by atoms with Crippen molar-refractivity contribution in [3.63, 3.8) is 0 Å². The average molecular weight is 274 g/mol. The number of nitrogens with two attached hydrogens (primary N) is 2. The molecule has 2 rings (SSSR count). The summed E-state index contributed by atoms with van der Waals surface area (Å²) < 4.78 is 1.98. The number of nitrogen functional groups attached to an aromatic ring is 1. The summed E-state index contributed by atoms with van der Waals surface area (Å²) in [6.45, 7) is 6.08. The van der Waals surface area contributed by atoms with E-state index in [0.29, 0.717) is 5.69 Å². The third kappa shape index (κ3) is 2.48. The lowest BCUT2D eigenvalue weighted by Gasteiger charge is -2.22. The fraction of sp³-hybridized carbons (Fsp3) is 0.467. The molecular formula is C15H22N4O. The van der Waals surface area contributed by atoms with Crippen LogP contribution < -0.4 is 11.5 Å². The van der Waals surface area contributed by atoms with E-state index in [2.05, 4.69) is 11.9 Å². The third-order valence-corrected chi connectivity index (χ3v) is 3.46. The molecule has 0 saturated heterocycles. The van der Waals surface area contributed by atoms with E-state index in [1.54, 1.807) is 0 Å². The Hall–Kier alpha value is -2.04. The van der Waals surface area contributed by atoms with Crippen LogP contribution >= 0.6 is 0 Å². The van der Waals surface area contributed by atoms with Crippen molar-refractivity contribution < 1.29 is 4.79 Å². The van der Waals surface area contributed by atoms with Gasteiger partial charge in [-0.15, -0.1) is 0 Å². The lowest BCUT2D eigenvalue weighted by molar-refractivity contribution is -0.122. The molecule has 1 atom stereocenters. The number of carbonyl (C=O) groups excluding carboxylic acids is 1. The highest BCUT2D eigenvalue weighted by atomic mass is 16.1. The quantitative estimate of drug-likeness (QED) is 0.820. The molecule has 0 aliphatic carbocycles. The molecule has 1 aromatic carbocycles. The Labute approximate surface area is 119 Å². The lowest BCUT2D eigenvalue weighted by atomic mass is 10.0. The van der Waals surface area contributed by atoms with Gasteiger partial charge in [0.25, 0.3) is 0 Å². The molecule has 108 valence electrons. The number of fused-ring (bicyclic) bond motifs is 1. The normalized spacial score (nSPS) is 13.0. The summed E-state index contributed by atoms with van der Waals surface area (Å²) in [5.74, 6) is 0.678. The summed E-state index contributed by atoms with van der Waals surface area (Å²) in [6.07, 6.45) is 1.77. The molecule has 0 saturated carbocycles. The van der Waals surface area contributed by atoms with Crippen LogP contribution in [0.25, 0.3) is 11.0 Å². The molecule has 0 aliphatic rings. The fourth-order valence-corrected chi connectivity index (χ4v) is 2.63. The van der Waals surface area contributed by atoms with Crippen molar-refractivity contribution >= 4 is 22.6 Å². The van der Waals surface area contributed by atoms with E-state index < -0.39 is 0 Å². The van der Waals surface area contributed by atoms with Gasteiger partial charge in [0.2, 0.25) is 5.91 Å². The van der Waals surface area contributed by atoms with Gasteiger partial charge in [0.15, 0.2) is 0 Å². The van der Waals surface area contributed by atoms with E-state index in [1.165, 1.54) is 0 Å². The molecule has 1 amide bonds. The van der Waals surface area contributed by atoms with Gasteiger partial charge in [-0.25, -0.2) is 4.98 Å². The van der Waals surface area contributed by atoms with E-state index >= 15 is 0 Å². The predicted molar refractivity (Wildman–Crippen MR) is 81.2 cm³/mol. The van der Waals surface area contributed by atoms with Gasteiger partial charge in [-0.3, -0.25) is 4.79 Å². The molecule has 0 spiro atoms. The van der Waals surface area contributed by atoms with Crippen molar-refractivity contribution in [1.82, 2.24) is 9.55 Å². The van der Waals surface area contributed by atoms with Gasteiger partial charge < -0.3 is 16.0 Å². The molecule has 5 heteroatoms. The van der Waals surface area contributed by atoms with E-state index in [9.17, 15) is 4.79 Å². The third-order valence-electron chi connectivity index (χ3n) is 3.46. The predicted octanol–water partition coefficient (Wildman–Crippen LogP) is 2.25. The number of aryl methyl sites for hydroxylation is 1. The lowest BCUT2D eigenvalue weighted by Crippen LogP contribution is -2.31. The molecule has 5 nitrogen and oxygen atoms in total. The number of carbonyl (C=O) groups is 1. The molecule has 2 aromatic rings. The molecule has 0 bridgehead atoms. The van der Waals surface area contributed by atoms with E-state index in [4.69, 9.17) is 11.5 Å². The molecule has 0 aliphatic heterocycles. The van der Waals surface area contributed by atoms with E-state index in [1.807, 2.05) is 36.6 Å². The Morgan fingerprint density at radius 1 is 1.40 bits per heavy atom. The second kappa shape index (κ2) is 5.53. The summed E-state index contributed by atoms with van der Waals surface area (Å²) in [5.41, 5.74) is 13.8. The van der Waals surface area contributed by atoms with Crippen LogP contribution in [-0.2, 0) is 11.2 Å². The second-order valence-corrected chi connectivity index (χ2v) is 5.49. The maximum Gasteiger partial charge on any atom is 0.240 e. The monoisotopic (exact) mass is 274 g/mol. The van der Waals surface area contributed by atoms with Crippen LogP contribution in [0.5, 0.6) is 0 Å². The first kappa shape index (κ1) is 14.4. The first-order valence-corrected chi connectivity index (χ1v) is 7.01. The number of aromatic nitrogens is 2. The smallest absolute Gasteiger partial charge is 0.240 e. The number of benzene rings is 1. The number of anilines is 1. The molecule has 1 aromatic heterocycles. The number of nitrogens with zero attached hydrogens (tertiary/aromatic N) is 2. The largest absolute Gasteiger partial charge is 0.399 e. The van der Waals surface area contributed by atoms with Crippen LogP contribution in [-0.4, -0.2) is 15.5 Å². The summed E-state index contributed by atoms with van der Waals surface area (Å²) in [5, 5.41) is 0. The number of rotatable bonds is 5. The number of imidazole rings is 1. The minimum atomic E-state index is -0.384. The maximum absolute atomic E-state index is 11.9. The summed E-state index contributed by atoms with van der Waals surface area (Å²) in [4.78, 5) is 16.5. The van der Waals surface area contributed by atoms with Crippen LogP contribution in [0.3, 0.4) is 0 Å². The molecule has 0 radical (unpaired) electrons. The van der Waals surface area contributed by atoms with Gasteiger partial charge in [-0.2, -0.15) is 0 Å². The van der Waals surface area contributed by atoms with Crippen LogP contribution in [0.4, 0.5) is 5.69 Å². The van der Waals surface area contributed by atoms with Gasteiger partial charge in [-0.1, -0.05) is 20.8 Å². The van der Waals surface area contributed by atoms with Crippen LogP contribution in [0, 0.1) is 5.92 Å². The van der Waals surface area contributed by atoms with Gasteiger partial charge in [0.1, 0.15) is 11.9 Å². The summed E-state index contributed by atoms with van der Waals surface area (Å²) >= 11 is 0.